The van der Waals surface area contributed by atoms with Crippen molar-refractivity contribution in [2.75, 3.05) is 31.1 Å². The zero-order valence-corrected chi connectivity index (χ0v) is 17.2. The van der Waals surface area contributed by atoms with Crippen molar-refractivity contribution in [1.29, 1.82) is 0 Å². The summed E-state index contributed by atoms with van der Waals surface area (Å²) in [6, 6.07) is 7.43. The van der Waals surface area contributed by atoms with Crippen molar-refractivity contribution >= 4 is 22.8 Å². The molecule has 0 radical (unpaired) electrons. The van der Waals surface area contributed by atoms with E-state index in [0.29, 0.717) is 25.2 Å². The molecule has 1 aliphatic heterocycles. The first kappa shape index (κ1) is 20.6. The number of hydrogen-bond acceptors (Lipinski definition) is 5. The number of halogens is 3. The first-order valence-electron chi connectivity index (χ1n) is 10.5. The summed E-state index contributed by atoms with van der Waals surface area (Å²) in [5, 5.41) is 0.962. The predicted octanol–water partition coefficient (Wildman–Crippen LogP) is 3.53. The Labute approximate surface area is 182 Å². The number of nitrogens with zero attached hydrogens (tertiary/aromatic N) is 4. The number of ether oxygens (including phenoxy) is 1. The molecule has 168 valence electrons. The molecule has 2 fully saturated rings. The Hall–Kier alpha value is -3.30. The molecule has 1 amide bonds. The fourth-order valence-corrected chi connectivity index (χ4v) is 4.35. The summed E-state index contributed by atoms with van der Waals surface area (Å²) in [6.07, 6.45) is 0.903. The van der Waals surface area contributed by atoms with Gasteiger partial charge < -0.3 is 19.5 Å². The maximum absolute atomic E-state index is 13.0. The van der Waals surface area contributed by atoms with E-state index in [9.17, 15) is 18.0 Å². The van der Waals surface area contributed by atoms with E-state index in [4.69, 9.17) is 0 Å². The number of nitrogens with one attached hydrogen (secondary N) is 1. The van der Waals surface area contributed by atoms with Crippen LogP contribution in [0.2, 0.25) is 0 Å². The summed E-state index contributed by atoms with van der Waals surface area (Å²) in [5.74, 6) is 0.547. The van der Waals surface area contributed by atoms with Gasteiger partial charge in [-0.3, -0.25) is 4.79 Å². The number of hydrogen-bond donors (Lipinski definition) is 1. The standard InChI is InChI=1S/C22H22F3N5O2/c23-22(24,25)32-16-3-1-15(2-4-16)11-18(31)29-9-10-30(13-21(12-29)6-7-21)20-17-5-8-26-19(17)27-14-28-20/h1-5,8,14H,6-7,9-13H2,(H,26,27,28). The Bertz CT molecular complexity index is 1120. The molecular formula is C22H22F3N5O2. The highest BCUT2D eigenvalue weighted by Gasteiger charge is 2.47. The van der Waals surface area contributed by atoms with Gasteiger partial charge in [0.1, 0.15) is 23.5 Å². The van der Waals surface area contributed by atoms with E-state index in [-0.39, 0.29) is 23.5 Å². The van der Waals surface area contributed by atoms with Crippen molar-refractivity contribution in [3.05, 3.63) is 48.4 Å². The summed E-state index contributed by atoms with van der Waals surface area (Å²) in [6.45, 7) is 2.73. The van der Waals surface area contributed by atoms with Crippen LogP contribution in [0.1, 0.15) is 18.4 Å². The molecule has 7 nitrogen and oxygen atoms in total. The van der Waals surface area contributed by atoms with Gasteiger partial charge in [0.25, 0.3) is 0 Å². The van der Waals surface area contributed by atoms with Gasteiger partial charge in [-0.2, -0.15) is 0 Å². The zero-order chi connectivity index (χ0) is 22.3. The minimum absolute atomic E-state index is 0.0305. The van der Waals surface area contributed by atoms with Crippen molar-refractivity contribution in [3.8, 4) is 5.75 Å². The van der Waals surface area contributed by atoms with E-state index in [1.54, 1.807) is 6.33 Å². The number of amides is 1. The molecule has 5 rings (SSSR count). The van der Waals surface area contributed by atoms with E-state index in [0.717, 1.165) is 36.2 Å². The normalized spacial score (nSPS) is 18.1. The number of H-pyrrole nitrogens is 1. The van der Waals surface area contributed by atoms with Crippen LogP contribution in [0.15, 0.2) is 42.9 Å². The third kappa shape index (κ3) is 4.35. The number of anilines is 1. The van der Waals surface area contributed by atoms with Crippen LogP contribution in [-0.4, -0.2) is 58.3 Å². The van der Waals surface area contributed by atoms with Crippen molar-refractivity contribution in [2.45, 2.75) is 25.6 Å². The van der Waals surface area contributed by atoms with Crippen molar-refractivity contribution in [3.63, 3.8) is 0 Å². The van der Waals surface area contributed by atoms with Crippen molar-refractivity contribution in [1.82, 2.24) is 19.9 Å². The molecule has 2 aromatic heterocycles. The van der Waals surface area contributed by atoms with Gasteiger partial charge in [0.2, 0.25) is 5.91 Å². The van der Waals surface area contributed by atoms with E-state index in [2.05, 4.69) is 24.6 Å². The number of carbonyl (C=O) groups excluding carboxylic acids is 1. The van der Waals surface area contributed by atoms with Gasteiger partial charge in [0.05, 0.1) is 11.8 Å². The quantitative estimate of drug-likeness (QED) is 0.665. The van der Waals surface area contributed by atoms with Crippen molar-refractivity contribution < 1.29 is 22.7 Å². The Balaban J connectivity index is 1.28. The Morgan fingerprint density at radius 2 is 1.88 bits per heavy atom. The molecule has 0 bridgehead atoms. The molecule has 1 aromatic carbocycles. The smallest absolute Gasteiger partial charge is 0.406 e. The summed E-state index contributed by atoms with van der Waals surface area (Å²) in [4.78, 5) is 29.0. The number of aromatic nitrogens is 3. The molecule has 2 aliphatic rings. The lowest BCUT2D eigenvalue weighted by Gasteiger charge is -2.25. The van der Waals surface area contributed by atoms with Gasteiger partial charge in [-0.1, -0.05) is 12.1 Å². The average molecular weight is 445 g/mol. The topological polar surface area (TPSA) is 74.3 Å². The summed E-state index contributed by atoms with van der Waals surface area (Å²) >= 11 is 0. The van der Waals surface area contributed by atoms with Gasteiger partial charge in [-0.25, -0.2) is 9.97 Å². The Kier molecular flexibility index (Phi) is 4.94. The molecule has 32 heavy (non-hydrogen) atoms. The zero-order valence-electron chi connectivity index (χ0n) is 17.2. The fraction of sp³-hybridized carbons (Fsp3) is 0.409. The lowest BCUT2D eigenvalue weighted by atomic mass is 10.1. The van der Waals surface area contributed by atoms with Gasteiger partial charge in [0, 0.05) is 37.8 Å². The van der Waals surface area contributed by atoms with Gasteiger partial charge >= 0.3 is 6.36 Å². The monoisotopic (exact) mass is 445 g/mol. The van der Waals surface area contributed by atoms with Gasteiger partial charge in [0.15, 0.2) is 0 Å². The lowest BCUT2D eigenvalue weighted by molar-refractivity contribution is -0.274. The molecular weight excluding hydrogens is 423 g/mol. The maximum Gasteiger partial charge on any atom is 0.573 e. The maximum atomic E-state index is 13.0. The minimum atomic E-state index is -4.73. The Morgan fingerprint density at radius 3 is 2.59 bits per heavy atom. The molecule has 1 spiro atoms. The van der Waals surface area contributed by atoms with Crippen LogP contribution in [0.25, 0.3) is 11.0 Å². The van der Waals surface area contributed by atoms with Crippen LogP contribution in [0.5, 0.6) is 5.75 Å². The number of fused-ring (bicyclic) bond motifs is 1. The van der Waals surface area contributed by atoms with E-state index in [1.807, 2.05) is 17.2 Å². The summed E-state index contributed by atoms with van der Waals surface area (Å²) < 4.78 is 40.9. The lowest BCUT2D eigenvalue weighted by Crippen LogP contribution is -2.37. The fourth-order valence-electron chi connectivity index (χ4n) is 4.35. The number of aromatic amines is 1. The highest BCUT2D eigenvalue weighted by Crippen LogP contribution is 2.48. The van der Waals surface area contributed by atoms with E-state index in [1.165, 1.54) is 24.3 Å². The molecule has 0 unspecified atom stereocenters. The number of carbonyl (C=O) groups is 1. The molecule has 1 aliphatic carbocycles. The van der Waals surface area contributed by atoms with Crippen LogP contribution in [0.4, 0.5) is 19.0 Å². The first-order valence-corrected chi connectivity index (χ1v) is 10.5. The summed E-state index contributed by atoms with van der Waals surface area (Å²) in [5.41, 5.74) is 1.50. The number of rotatable bonds is 4. The minimum Gasteiger partial charge on any atom is -0.406 e. The van der Waals surface area contributed by atoms with Crippen molar-refractivity contribution in [2.24, 2.45) is 5.41 Å². The molecule has 1 N–H and O–H groups in total. The molecule has 3 aromatic rings. The van der Waals surface area contributed by atoms with Crippen LogP contribution in [-0.2, 0) is 11.2 Å². The molecule has 1 saturated carbocycles. The van der Waals surface area contributed by atoms with Crippen LogP contribution in [0.3, 0.4) is 0 Å². The van der Waals surface area contributed by atoms with Crippen LogP contribution < -0.4 is 9.64 Å². The molecule has 10 heteroatoms. The second kappa shape index (κ2) is 7.68. The number of alkyl halides is 3. The Morgan fingerprint density at radius 1 is 1.09 bits per heavy atom. The third-order valence-corrected chi connectivity index (χ3v) is 6.15. The van der Waals surface area contributed by atoms with Crippen LogP contribution >= 0.6 is 0 Å². The second-order valence-corrected chi connectivity index (χ2v) is 8.54. The average Bonchev–Trinajstić information content (AvgIpc) is 3.38. The second-order valence-electron chi connectivity index (χ2n) is 8.54. The molecule has 0 atom stereocenters. The number of benzene rings is 1. The van der Waals surface area contributed by atoms with E-state index < -0.39 is 6.36 Å². The summed E-state index contributed by atoms with van der Waals surface area (Å²) in [7, 11) is 0. The molecule has 1 saturated heterocycles. The van der Waals surface area contributed by atoms with Gasteiger partial charge in [-0.05, 0) is 36.6 Å². The van der Waals surface area contributed by atoms with Gasteiger partial charge in [-0.15, -0.1) is 13.2 Å². The van der Waals surface area contributed by atoms with Crippen LogP contribution in [0, 0.1) is 5.41 Å². The third-order valence-electron chi connectivity index (χ3n) is 6.15. The predicted molar refractivity (Wildman–Crippen MR) is 111 cm³/mol. The first-order chi connectivity index (χ1) is 15.3. The SMILES string of the molecule is O=C(Cc1ccc(OC(F)(F)F)cc1)N1CCN(c2ncnc3[nH]ccc23)CC2(CC2)C1. The highest BCUT2D eigenvalue weighted by molar-refractivity contribution is 5.87. The van der Waals surface area contributed by atoms with E-state index >= 15 is 0 Å². The largest absolute Gasteiger partial charge is 0.573 e. The highest BCUT2D eigenvalue weighted by atomic mass is 19.4. The molecule has 3 heterocycles.